The second-order valence-corrected chi connectivity index (χ2v) is 5.06. The van der Waals surface area contributed by atoms with E-state index in [4.69, 9.17) is 0 Å². The number of anilines is 1. The molecule has 1 aromatic carbocycles. The fourth-order valence-electron chi connectivity index (χ4n) is 2.43. The van der Waals surface area contributed by atoms with Crippen LogP contribution in [-0.2, 0) is 0 Å². The Kier molecular flexibility index (Phi) is 4.80. The second kappa shape index (κ2) is 6.57. The number of amides is 1. The van der Waals surface area contributed by atoms with Gasteiger partial charge in [0.2, 0.25) is 0 Å². The van der Waals surface area contributed by atoms with Crippen molar-refractivity contribution < 1.29 is 4.79 Å². The zero-order valence-electron chi connectivity index (χ0n) is 11.8. The van der Waals surface area contributed by atoms with Crippen LogP contribution in [-0.4, -0.2) is 31.6 Å². The van der Waals surface area contributed by atoms with E-state index in [1.807, 2.05) is 32.0 Å². The topological polar surface area (TPSA) is 53.2 Å². The summed E-state index contributed by atoms with van der Waals surface area (Å²) in [6.45, 7) is 6.69. The van der Waals surface area contributed by atoms with E-state index in [0.717, 1.165) is 29.9 Å². The minimum absolute atomic E-state index is 0.00499. The van der Waals surface area contributed by atoms with Gasteiger partial charge in [-0.1, -0.05) is 0 Å². The highest BCUT2D eigenvalue weighted by atomic mass is 16.1. The molecule has 0 aliphatic carbocycles. The van der Waals surface area contributed by atoms with E-state index >= 15 is 0 Å². The fraction of sp³-hybridized carbons (Fsp3) is 0.533. The van der Waals surface area contributed by atoms with Crippen molar-refractivity contribution in [2.45, 2.75) is 32.7 Å². The Bertz CT molecular complexity index is 439. The smallest absolute Gasteiger partial charge is 0.251 e. The van der Waals surface area contributed by atoms with Gasteiger partial charge in [0, 0.05) is 30.4 Å². The zero-order valence-corrected chi connectivity index (χ0v) is 11.8. The van der Waals surface area contributed by atoms with Gasteiger partial charge in [-0.05, 0) is 57.0 Å². The standard InChI is InChI=1S/C15H23N3O/c1-3-16-15(19)12-6-7-14(11(2)9-12)18-10-13-5-4-8-17-13/h6-7,9,13,17-18H,3-5,8,10H2,1-2H3,(H,16,19). The molecule has 4 nitrogen and oxygen atoms in total. The Hall–Kier alpha value is -1.55. The third kappa shape index (κ3) is 3.70. The van der Waals surface area contributed by atoms with Crippen molar-refractivity contribution >= 4 is 11.6 Å². The van der Waals surface area contributed by atoms with Crippen LogP contribution in [0.3, 0.4) is 0 Å². The molecule has 0 aromatic heterocycles. The Labute approximate surface area is 115 Å². The lowest BCUT2D eigenvalue weighted by Gasteiger charge is -2.15. The number of hydrogen-bond acceptors (Lipinski definition) is 3. The molecule has 4 heteroatoms. The predicted octanol–water partition coefficient (Wildman–Crippen LogP) is 1.91. The van der Waals surface area contributed by atoms with Crippen LogP contribution in [0, 0.1) is 6.92 Å². The normalized spacial score (nSPS) is 18.3. The molecule has 1 unspecified atom stereocenters. The van der Waals surface area contributed by atoms with Gasteiger partial charge in [-0.2, -0.15) is 0 Å². The Morgan fingerprint density at radius 1 is 1.47 bits per heavy atom. The quantitative estimate of drug-likeness (QED) is 0.759. The molecule has 0 saturated carbocycles. The molecule has 0 radical (unpaired) electrons. The number of nitrogens with one attached hydrogen (secondary N) is 3. The van der Waals surface area contributed by atoms with E-state index in [0.29, 0.717) is 12.6 Å². The number of hydrogen-bond donors (Lipinski definition) is 3. The summed E-state index contributed by atoms with van der Waals surface area (Å²) in [5.41, 5.74) is 2.95. The molecule has 1 amide bonds. The molecule has 0 spiro atoms. The van der Waals surface area contributed by atoms with Crippen LogP contribution < -0.4 is 16.0 Å². The minimum Gasteiger partial charge on any atom is -0.383 e. The Balaban J connectivity index is 1.96. The van der Waals surface area contributed by atoms with Crippen molar-refractivity contribution in [3.63, 3.8) is 0 Å². The van der Waals surface area contributed by atoms with E-state index in [1.54, 1.807) is 0 Å². The summed E-state index contributed by atoms with van der Waals surface area (Å²) >= 11 is 0. The summed E-state index contributed by atoms with van der Waals surface area (Å²) in [6, 6.07) is 6.38. The molecule has 3 N–H and O–H groups in total. The third-order valence-electron chi connectivity index (χ3n) is 3.53. The molecule has 19 heavy (non-hydrogen) atoms. The lowest BCUT2D eigenvalue weighted by molar-refractivity contribution is 0.0956. The zero-order chi connectivity index (χ0) is 13.7. The van der Waals surface area contributed by atoms with Gasteiger partial charge in [-0.15, -0.1) is 0 Å². The van der Waals surface area contributed by atoms with Crippen molar-refractivity contribution in [3.05, 3.63) is 29.3 Å². The summed E-state index contributed by atoms with van der Waals surface area (Å²) in [5.74, 6) is -0.00499. The van der Waals surface area contributed by atoms with Crippen LogP contribution in [0.1, 0.15) is 35.7 Å². The van der Waals surface area contributed by atoms with Crippen LogP contribution in [0.25, 0.3) is 0 Å². The van der Waals surface area contributed by atoms with E-state index in [-0.39, 0.29) is 5.91 Å². The molecule has 1 aliphatic rings. The Morgan fingerprint density at radius 2 is 2.32 bits per heavy atom. The number of benzene rings is 1. The Morgan fingerprint density at radius 3 is 2.95 bits per heavy atom. The van der Waals surface area contributed by atoms with E-state index in [2.05, 4.69) is 16.0 Å². The first kappa shape index (κ1) is 13.9. The maximum absolute atomic E-state index is 11.7. The summed E-state index contributed by atoms with van der Waals surface area (Å²) < 4.78 is 0. The van der Waals surface area contributed by atoms with Gasteiger partial charge in [0.25, 0.3) is 5.91 Å². The van der Waals surface area contributed by atoms with Crippen LogP contribution in [0.15, 0.2) is 18.2 Å². The molecule has 1 atom stereocenters. The highest BCUT2D eigenvalue weighted by Gasteiger charge is 2.14. The predicted molar refractivity (Wildman–Crippen MR) is 78.7 cm³/mol. The lowest BCUT2D eigenvalue weighted by atomic mass is 10.1. The SMILES string of the molecule is CCNC(=O)c1ccc(NCC2CCCN2)c(C)c1. The minimum atomic E-state index is -0.00499. The maximum atomic E-state index is 11.7. The molecule has 1 heterocycles. The van der Waals surface area contributed by atoms with Crippen molar-refractivity contribution in [1.82, 2.24) is 10.6 Å². The van der Waals surface area contributed by atoms with Gasteiger partial charge in [0.05, 0.1) is 0 Å². The number of carbonyl (C=O) groups excluding carboxylic acids is 1. The molecular formula is C15H23N3O. The first-order chi connectivity index (χ1) is 9.20. The van der Waals surface area contributed by atoms with Crippen LogP contribution in [0.5, 0.6) is 0 Å². The van der Waals surface area contributed by atoms with E-state index in [1.165, 1.54) is 12.8 Å². The maximum Gasteiger partial charge on any atom is 0.251 e. The lowest BCUT2D eigenvalue weighted by Crippen LogP contribution is -2.29. The second-order valence-electron chi connectivity index (χ2n) is 5.06. The highest BCUT2D eigenvalue weighted by molar-refractivity contribution is 5.94. The van der Waals surface area contributed by atoms with Crippen molar-refractivity contribution in [2.75, 3.05) is 25.0 Å². The first-order valence-electron chi connectivity index (χ1n) is 7.07. The third-order valence-corrected chi connectivity index (χ3v) is 3.53. The monoisotopic (exact) mass is 261 g/mol. The first-order valence-corrected chi connectivity index (χ1v) is 7.07. The molecule has 0 bridgehead atoms. The summed E-state index contributed by atoms with van der Waals surface area (Å²) in [7, 11) is 0. The summed E-state index contributed by atoms with van der Waals surface area (Å²) in [5, 5.41) is 9.74. The molecular weight excluding hydrogens is 238 g/mol. The molecule has 1 fully saturated rings. The summed E-state index contributed by atoms with van der Waals surface area (Å²) in [4.78, 5) is 11.7. The highest BCUT2D eigenvalue weighted by Crippen LogP contribution is 2.17. The molecule has 104 valence electrons. The van der Waals surface area contributed by atoms with Gasteiger partial charge in [-0.3, -0.25) is 4.79 Å². The van der Waals surface area contributed by atoms with Gasteiger partial charge < -0.3 is 16.0 Å². The van der Waals surface area contributed by atoms with Gasteiger partial charge in [-0.25, -0.2) is 0 Å². The molecule has 2 rings (SSSR count). The van der Waals surface area contributed by atoms with Crippen molar-refractivity contribution in [3.8, 4) is 0 Å². The van der Waals surface area contributed by atoms with Crippen molar-refractivity contribution in [2.24, 2.45) is 0 Å². The largest absolute Gasteiger partial charge is 0.383 e. The molecule has 1 aromatic rings. The van der Waals surface area contributed by atoms with Gasteiger partial charge >= 0.3 is 0 Å². The fourth-order valence-corrected chi connectivity index (χ4v) is 2.43. The van der Waals surface area contributed by atoms with Crippen molar-refractivity contribution in [1.29, 1.82) is 0 Å². The summed E-state index contributed by atoms with van der Waals surface area (Å²) in [6.07, 6.45) is 2.50. The van der Waals surface area contributed by atoms with Crippen LogP contribution >= 0.6 is 0 Å². The van der Waals surface area contributed by atoms with Gasteiger partial charge in [0.1, 0.15) is 0 Å². The van der Waals surface area contributed by atoms with Crippen LogP contribution in [0.4, 0.5) is 5.69 Å². The average Bonchev–Trinajstić information content (AvgIpc) is 2.90. The number of aryl methyl sites for hydroxylation is 1. The van der Waals surface area contributed by atoms with E-state index < -0.39 is 0 Å². The van der Waals surface area contributed by atoms with E-state index in [9.17, 15) is 4.79 Å². The van der Waals surface area contributed by atoms with Gasteiger partial charge in [0.15, 0.2) is 0 Å². The number of rotatable bonds is 5. The number of carbonyl (C=O) groups is 1. The van der Waals surface area contributed by atoms with Crippen LogP contribution in [0.2, 0.25) is 0 Å². The molecule has 1 saturated heterocycles. The average molecular weight is 261 g/mol. The molecule has 1 aliphatic heterocycles.